The molecular weight excluding hydrogens is 226 g/mol. The second-order valence-corrected chi connectivity index (χ2v) is 7.20. The van der Waals surface area contributed by atoms with Gasteiger partial charge < -0.3 is 14.8 Å². The first-order chi connectivity index (χ1) is 8.12. The second-order valence-electron chi connectivity index (χ2n) is 7.20. The molecule has 0 aliphatic carbocycles. The molecule has 0 saturated heterocycles. The Kier molecular flexibility index (Phi) is 8.08. The first-order valence-electron chi connectivity index (χ1n) is 7.05. The van der Waals surface area contributed by atoms with Crippen molar-refractivity contribution in [3.63, 3.8) is 0 Å². The summed E-state index contributed by atoms with van der Waals surface area (Å²) < 4.78 is 11.3. The van der Waals surface area contributed by atoms with Gasteiger partial charge in [0.15, 0.2) is 0 Å². The van der Waals surface area contributed by atoms with Crippen molar-refractivity contribution in [3.05, 3.63) is 0 Å². The van der Waals surface area contributed by atoms with E-state index in [9.17, 15) is 0 Å². The Bertz CT molecular complexity index is 207. The quantitative estimate of drug-likeness (QED) is 0.645. The number of hydrogen-bond acceptors (Lipinski definition) is 3. The maximum atomic E-state index is 5.69. The highest BCUT2D eigenvalue weighted by atomic mass is 16.5. The smallest absolute Gasteiger partial charge is 0.0707 e. The van der Waals surface area contributed by atoms with E-state index in [4.69, 9.17) is 9.47 Å². The third-order valence-electron chi connectivity index (χ3n) is 2.41. The highest BCUT2D eigenvalue weighted by Crippen LogP contribution is 2.14. The minimum Gasteiger partial charge on any atom is -0.378 e. The van der Waals surface area contributed by atoms with Crippen molar-refractivity contribution in [1.29, 1.82) is 0 Å². The van der Waals surface area contributed by atoms with Crippen LogP contribution in [0.25, 0.3) is 0 Å². The summed E-state index contributed by atoms with van der Waals surface area (Å²) in [5.41, 5.74) is 0.105. The van der Waals surface area contributed by atoms with Crippen molar-refractivity contribution < 1.29 is 9.47 Å². The summed E-state index contributed by atoms with van der Waals surface area (Å²) in [6.45, 7) is 19.3. The predicted molar refractivity (Wildman–Crippen MR) is 78.0 cm³/mol. The standard InChI is InChI=1S/C15H33NO2/c1-13(2)10-16-11-15(6,7)12-17-8-9-18-14(3,4)5/h13,16H,8-12H2,1-7H3. The van der Waals surface area contributed by atoms with Crippen LogP contribution in [-0.4, -0.2) is 38.5 Å². The molecule has 0 unspecified atom stereocenters. The summed E-state index contributed by atoms with van der Waals surface area (Å²) in [4.78, 5) is 0. The Morgan fingerprint density at radius 2 is 1.61 bits per heavy atom. The SMILES string of the molecule is CC(C)CNCC(C)(C)COCCOC(C)(C)C. The van der Waals surface area contributed by atoms with E-state index < -0.39 is 0 Å². The molecule has 0 fully saturated rings. The summed E-state index contributed by atoms with van der Waals surface area (Å²) in [6, 6.07) is 0. The Morgan fingerprint density at radius 1 is 1.00 bits per heavy atom. The van der Waals surface area contributed by atoms with Gasteiger partial charge in [-0.15, -0.1) is 0 Å². The summed E-state index contributed by atoms with van der Waals surface area (Å²) in [5.74, 6) is 0.696. The molecule has 3 heteroatoms. The average molecular weight is 259 g/mol. The van der Waals surface area contributed by atoms with E-state index in [0.29, 0.717) is 19.1 Å². The van der Waals surface area contributed by atoms with E-state index in [1.165, 1.54) is 0 Å². The Balaban J connectivity index is 3.58. The molecule has 1 N–H and O–H groups in total. The molecule has 0 aliphatic heterocycles. The molecule has 0 aromatic heterocycles. The molecule has 3 nitrogen and oxygen atoms in total. The normalized spacial score (nSPS) is 13.3. The summed E-state index contributed by atoms with van der Waals surface area (Å²) in [5, 5.41) is 3.48. The van der Waals surface area contributed by atoms with Gasteiger partial charge in [0, 0.05) is 12.0 Å². The van der Waals surface area contributed by atoms with Crippen LogP contribution in [-0.2, 0) is 9.47 Å². The van der Waals surface area contributed by atoms with Crippen molar-refractivity contribution in [2.24, 2.45) is 11.3 Å². The summed E-state index contributed by atoms with van der Waals surface area (Å²) in [7, 11) is 0. The number of rotatable bonds is 9. The monoisotopic (exact) mass is 259 g/mol. The number of ether oxygens (including phenoxy) is 2. The van der Waals surface area contributed by atoms with Crippen LogP contribution < -0.4 is 5.32 Å². The van der Waals surface area contributed by atoms with Gasteiger partial charge in [-0.25, -0.2) is 0 Å². The van der Waals surface area contributed by atoms with Gasteiger partial charge in [0.1, 0.15) is 0 Å². The van der Waals surface area contributed by atoms with Crippen LogP contribution in [0.4, 0.5) is 0 Å². The largest absolute Gasteiger partial charge is 0.378 e. The molecule has 0 aliphatic rings. The van der Waals surface area contributed by atoms with Crippen LogP contribution in [0.1, 0.15) is 48.5 Å². The van der Waals surface area contributed by atoms with Crippen molar-refractivity contribution in [2.75, 3.05) is 32.9 Å². The second kappa shape index (κ2) is 8.13. The fourth-order valence-corrected chi connectivity index (χ4v) is 1.51. The topological polar surface area (TPSA) is 30.5 Å². The zero-order valence-corrected chi connectivity index (χ0v) is 13.4. The van der Waals surface area contributed by atoms with Crippen LogP contribution in [0.3, 0.4) is 0 Å². The van der Waals surface area contributed by atoms with Crippen LogP contribution in [0.15, 0.2) is 0 Å². The van der Waals surface area contributed by atoms with Gasteiger partial charge in [-0.05, 0) is 33.2 Å². The fourth-order valence-electron chi connectivity index (χ4n) is 1.51. The van der Waals surface area contributed by atoms with Crippen molar-refractivity contribution in [3.8, 4) is 0 Å². The minimum absolute atomic E-state index is 0.0717. The van der Waals surface area contributed by atoms with Crippen molar-refractivity contribution in [2.45, 2.75) is 54.1 Å². The van der Waals surface area contributed by atoms with Gasteiger partial charge in [0.25, 0.3) is 0 Å². The van der Waals surface area contributed by atoms with Gasteiger partial charge in [-0.1, -0.05) is 27.7 Å². The summed E-state index contributed by atoms with van der Waals surface area (Å²) >= 11 is 0. The molecular formula is C15H33NO2. The third kappa shape index (κ3) is 12.3. The molecule has 18 heavy (non-hydrogen) atoms. The van der Waals surface area contributed by atoms with E-state index in [-0.39, 0.29) is 11.0 Å². The van der Waals surface area contributed by atoms with Gasteiger partial charge in [0.05, 0.1) is 25.4 Å². The lowest BCUT2D eigenvalue weighted by molar-refractivity contribution is -0.0452. The molecule has 110 valence electrons. The molecule has 0 aromatic rings. The lowest BCUT2D eigenvalue weighted by atomic mass is 9.94. The predicted octanol–water partition coefficient (Wildman–Crippen LogP) is 3.09. The van der Waals surface area contributed by atoms with Crippen LogP contribution in [0, 0.1) is 11.3 Å². The fraction of sp³-hybridized carbons (Fsp3) is 1.00. The molecule has 0 radical (unpaired) electrons. The molecule has 0 saturated carbocycles. The maximum absolute atomic E-state index is 5.69. The van der Waals surface area contributed by atoms with Crippen molar-refractivity contribution >= 4 is 0 Å². The van der Waals surface area contributed by atoms with Crippen LogP contribution in [0.2, 0.25) is 0 Å². The molecule has 0 bridgehead atoms. The Labute approximate surface area is 114 Å². The molecule has 0 aromatic carbocycles. The van der Waals surface area contributed by atoms with E-state index >= 15 is 0 Å². The highest BCUT2D eigenvalue weighted by molar-refractivity contribution is 4.71. The Hall–Kier alpha value is -0.120. The van der Waals surface area contributed by atoms with Gasteiger partial charge >= 0.3 is 0 Å². The van der Waals surface area contributed by atoms with Crippen LogP contribution >= 0.6 is 0 Å². The van der Waals surface area contributed by atoms with E-state index in [2.05, 4.69) is 53.8 Å². The van der Waals surface area contributed by atoms with Crippen LogP contribution in [0.5, 0.6) is 0 Å². The molecule has 0 atom stereocenters. The highest BCUT2D eigenvalue weighted by Gasteiger charge is 2.18. The minimum atomic E-state index is -0.0717. The first kappa shape index (κ1) is 17.9. The summed E-state index contributed by atoms with van der Waals surface area (Å²) in [6.07, 6.45) is 0. The Morgan fingerprint density at radius 3 is 2.11 bits per heavy atom. The van der Waals surface area contributed by atoms with E-state index in [1.54, 1.807) is 0 Å². The molecule has 0 rings (SSSR count). The van der Waals surface area contributed by atoms with E-state index in [1.807, 2.05) is 0 Å². The maximum Gasteiger partial charge on any atom is 0.0707 e. The molecule has 0 amide bonds. The van der Waals surface area contributed by atoms with Crippen molar-refractivity contribution in [1.82, 2.24) is 5.32 Å². The van der Waals surface area contributed by atoms with Gasteiger partial charge in [-0.3, -0.25) is 0 Å². The third-order valence-corrected chi connectivity index (χ3v) is 2.41. The number of nitrogens with one attached hydrogen (secondary N) is 1. The van der Waals surface area contributed by atoms with E-state index in [0.717, 1.165) is 19.7 Å². The zero-order chi connectivity index (χ0) is 14.2. The van der Waals surface area contributed by atoms with Gasteiger partial charge in [0.2, 0.25) is 0 Å². The van der Waals surface area contributed by atoms with Gasteiger partial charge in [-0.2, -0.15) is 0 Å². The lowest BCUT2D eigenvalue weighted by Crippen LogP contribution is -2.35. The first-order valence-corrected chi connectivity index (χ1v) is 7.05. The average Bonchev–Trinajstić information content (AvgIpc) is 2.13. The molecule has 0 heterocycles. The lowest BCUT2D eigenvalue weighted by Gasteiger charge is -2.26. The zero-order valence-electron chi connectivity index (χ0n) is 13.4. The molecule has 0 spiro atoms. The number of hydrogen-bond donors (Lipinski definition) is 1.